The summed E-state index contributed by atoms with van der Waals surface area (Å²) in [6.45, 7) is 7.66. The van der Waals surface area contributed by atoms with Crippen molar-refractivity contribution in [3.8, 4) is 11.3 Å². The molecule has 2 fully saturated rings. The number of carbonyl (C=O) groups excluding carboxylic acids is 1. The summed E-state index contributed by atoms with van der Waals surface area (Å²) in [5.74, 6) is 0.0685. The third-order valence-corrected chi connectivity index (χ3v) is 7.32. The van der Waals surface area contributed by atoms with Gasteiger partial charge in [0.25, 0.3) is 0 Å². The molecule has 1 aromatic carbocycles. The van der Waals surface area contributed by atoms with E-state index in [1.165, 1.54) is 6.07 Å². The number of H-pyrrole nitrogens is 1. The van der Waals surface area contributed by atoms with Crippen LogP contribution in [0, 0.1) is 12.7 Å². The number of hydrogen-bond donors (Lipinski definition) is 1. The highest BCUT2D eigenvalue weighted by Gasteiger charge is 2.60. The Kier molecular flexibility index (Phi) is 3.76. The minimum absolute atomic E-state index is 0.0659. The average Bonchev–Trinajstić information content (AvgIpc) is 3.38. The molecule has 1 saturated heterocycles. The Morgan fingerprint density at radius 3 is 2.84 bits per heavy atom. The van der Waals surface area contributed by atoms with E-state index < -0.39 is 5.41 Å². The first kappa shape index (κ1) is 18.4. The first-order chi connectivity index (χ1) is 15.0. The summed E-state index contributed by atoms with van der Waals surface area (Å²) in [4.78, 5) is 15.6. The minimum atomic E-state index is -0.799. The minimum Gasteiger partial charge on any atom is -0.340 e. The van der Waals surface area contributed by atoms with Gasteiger partial charge in [-0.05, 0) is 54.7 Å². The lowest BCUT2D eigenvalue weighted by Crippen LogP contribution is -2.55. The molecule has 2 aliphatic carbocycles. The van der Waals surface area contributed by atoms with Crippen LogP contribution >= 0.6 is 0 Å². The molecule has 2 aromatic heterocycles. The Morgan fingerprint density at radius 1 is 1.29 bits per heavy atom. The number of halogens is 1. The maximum atomic E-state index is 14.3. The molecule has 3 heterocycles. The van der Waals surface area contributed by atoms with Crippen LogP contribution < -0.4 is 0 Å². The monoisotopic (exact) mass is 415 g/mol. The standard InChI is InChI=1S/C24H22FN5O/c1-13-10-26-28-21(13)15-11-30(12-15)23(31)24-8-7-16(14(24)2)18-9-20(27-29-22(18)24)17-5-3-4-6-19(17)25/h3-6,9-10,15-16H,2,7-8,11-12H2,1H3,(H,26,28)/t16?,24-/m0/s1. The Hall–Kier alpha value is -3.35. The van der Waals surface area contributed by atoms with Gasteiger partial charge in [0.2, 0.25) is 5.91 Å². The van der Waals surface area contributed by atoms with E-state index in [2.05, 4.69) is 27.0 Å². The molecule has 2 atom stereocenters. The fraction of sp³-hybridized carbons (Fsp3) is 0.333. The van der Waals surface area contributed by atoms with Gasteiger partial charge in [0, 0.05) is 36.7 Å². The van der Waals surface area contributed by atoms with Gasteiger partial charge in [0.1, 0.15) is 11.2 Å². The number of nitrogens with zero attached hydrogens (tertiary/aromatic N) is 4. The lowest BCUT2D eigenvalue weighted by molar-refractivity contribution is -0.140. The van der Waals surface area contributed by atoms with Gasteiger partial charge in [-0.15, -0.1) is 0 Å². The van der Waals surface area contributed by atoms with E-state index in [4.69, 9.17) is 0 Å². The zero-order valence-corrected chi connectivity index (χ0v) is 17.2. The van der Waals surface area contributed by atoms with Crippen molar-refractivity contribution in [3.05, 3.63) is 77.0 Å². The first-order valence-electron chi connectivity index (χ1n) is 10.6. The van der Waals surface area contributed by atoms with Gasteiger partial charge in [-0.2, -0.15) is 15.3 Å². The van der Waals surface area contributed by atoms with Crippen LogP contribution in [0.3, 0.4) is 0 Å². The van der Waals surface area contributed by atoms with E-state index in [9.17, 15) is 9.18 Å². The Morgan fingerprint density at radius 2 is 2.10 bits per heavy atom. The number of aromatic nitrogens is 4. The first-order valence-corrected chi connectivity index (χ1v) is 10.6. The molecule has 6 rings (SSSR count). The Bertz CT molecular complexity index is 1240. The summed E-state index contributed by atoms with van der Waals surface area (Å²) in [7, 11) is 0. The van der Waals surface area contributed by atoms with Crippen molar-refractivity contribution in [3.63, 3.8) is 0 Å². The maximum absolute atomic E-state index is 14.3. The van der Waals surface area contributed by atoms with Crippen LogP contribution in [-0.2, 0) is 10.2 Å². The molecule has 1 aliphatic heterocycles. The molecule has 1 amide bonds. The normalized spacial score (nSPS) is 24.4. The zero-order chi connectivity index (χ0) is 21.3. The van der Waals surface area contributed by atoms with Crippen molar-refractivity contribution in [1.29, 1.82) is 0 Å². The SMILES string of the molecule is C=C1C2CC[C@@]1(C(=O)N1CC(c3n[nH]cc3C)C1)c1nnc(-c3ccccc3F)cc12. The predicted octanol–water partition coefficient (Wildman–Crippen LogP) is 3.63. The van der Waals surface area contributed by atoms with Crippen LogP contribution in [-0.4, -0.2) is 44.3 Å². The smallest absolute Gasteiger partial charge is 0.239 e. The number of aromatic amines is 1. The van der Waals surface area contributed by atoms with E-state index in [0.29, 0.717) is 36.5 Å². The summed E-state index contributed by atoms with van der Waals surface area (Å²) in [6, 6.07) is 8.46. The van der Waals surface area contributed by atoms with Crippen molar-refractivity contribution in [2.75, 3.05) is 13.1 Å². The van der Waals surface area contributed by atoms with Gasteiger partial charge in [0.15, 0.2) is 0 Å². The van der Waals surface area contributed by atoms with Crippen molar-refractivity contribution in [2.45, 2.75) is 37.0 Å². The number of benzene rings is 1. The van der Waals surface area contributed by atoms with Gasteiger partial charge in [-0.1, -0.05) is 18.7 Å². The quantitative estimate of drug-likeness (QED) is 0.663. The number of carbonyl (C=O) groups is 1. The Labute approximate surface area is 179 Å². The molecule has 0 spiro atoms. The second-order valence-corrected chi connectivity index (χ2v) is 8.90. The van der Waals surface area contributed by atoms with Crippen LogP contribution in [0.5, 0.6) is 0 Å². The Balaban J connectivity index is 1.33. The number of nitrogens with one attached hydrogen (secondary N) is 1. The van der Waals surface area contributed by atoms with Gasteiger partial charge in [0.05, 0.1) is 17.1 Å². The van der Waals surface area contributed by atoms with Crippen LogP contribution in [0.2, 0.25) is 0 Å². The van der Waals surface area contributed by atoms with Crippen molar-refractivity contribution in [1.82, 2.24) is 25.3 Å². The van der Waals surface area contributed by atoms with Crippen molar-refractivity contribution >= 4 is 5.91 Å². The molecule has 3 aliphatic rings. The summed E-state index contributed by atoms with van der Waals surface area (Å²) >= 11 is 0. The van der Waals surface area contributed by atoms with Crippen molar-refractivity contribution < 1.29 is 9.18 Å². The van der Waals surface area contributed by atoms with E-state index >= 15 is 0 Å². The lowest BCUT2D eigenvalue weighted by Gasteiger charge is -2.43. The average molecular weight is 415 g/mol. The summed E-state index contributed by atoms with van der Waals surface area (Å²) in [5, 5.41) is 16.0. The number of rotatable bonds is 3. The molecule has 156 valence electrons. The molecule has 7 heteroatoms. The van der Waals surface area contributed by atoms with Crippen LogP contribution in [0.15, 0.2) is 48.7 Å². The lowest BCUT2D eigenvalue weighted by atomic mass is 9.78. The van der Waals surface area contributed by atoms with Gasteiger partial charge in [-0.25, -0.2) is 4.39 Å². The van der Waals surface area contributed by atoms with E-state index in [-0.39, 0.29) is 23.6 Å². The third kappa shape index (κ3) is 2.37. The van der Waals surface area contributed by atoms with Crippen LogP contribution in [0.1, 0.15) is 47.2 Å². The number of aryl methyl sites for hydroxylation is 1. The highest BCUT2D eigenvalue weighted by atomic mass is 19.1. The molecular formula is C24H22FN5O. The second kappa shape index (κ2) is 6.33. The number of amides is 1. The van der Waals surface area contributed by atoms with Gasteiger partial charge in [-0.3, -0.25) is 9.89 Å². The van der Waals surface area contributed by atoms with E-state index in [1.54, 1.807) is 18.2 Å². The zero-order valence-electron chi connectivity index (χ0n) is 17.2. The highest BCUT2D eigenvalue weighted by Crippen LogP contribution is 2.60. The molecule has 3 aromatic rings. The number of fused-ring (bicyclic) bond motifs is 5. The fourth-order valence-electron chi connectivity index (χ4n) is 5.62. The van der Waals surface area contributed by atoms with E-state index in [1.807, 2.05) is 24.1 Å². The number of hydrogen-bond acceptors (Lipinski definition) is 4. The largest absolute Gasteiger partial charge is 0.340 e. The van der Waals surface area contributed by atoms with Crippen LogP contribution in [0.25, 0.3) is 11.3 Å². The molecular weight excluding hydrogens is 393 g/mol. The molecule has 2 bridgehead atoms. The summed E-state index contributed by atoms with van der Waals surface area (Å²) in [5.41, 5.74) is 4.86. The third-order valence-electron chi connectivity index (χ3n) is 7.32. The topological polar surface area (TPSA) is 74.8 Å². The molecule has 0 radical (unpaired) electrons. The molecule has 6 nitrogen and oxygen atoms in total. The van der Waals surface area contributed by atoms with Crippen molar-refractivity contribution in [2.24, 2.45) is 0 Å². The maximum Gasteiger partial charge on any atom is 0.239 e. The fourth-order valence-corrected chi connectivity index (χ4v) is 5.62. The van der Waals surface area contributed by atoms with E-state index in [0.717, 1.165) is 28.8 Å². The van der Waals surface area contributed by atoms with Gasteiger partial charge >= 0.3 is 0 Å². The molecule has 1 saturated carbocycles. The predicted molar refractivity (Wildman–Crippen MR) is 113 cm³/mol. The summed E-state index contributed by atoms with van der Waals surface area (Å²) in [6.07, 6.45) is 3.45. The molecule has 1 N–H and O–H groups in total. The van der Waals surface area contributed by atoms with Gasteiger partial charge < -0.3 is 4.90 Å². The molecule has 1 unspecified atom stereocenters. The number of likely N-dealkylation sites (tertiary alicyclic amines) is 1. The van der Waals surface area contributed by atoms with Crippen LogP contribution in [0.4, 0.5) is 4.39 Å². The highest BCUT2D eigenvalue weighted by molar-refractivity contribution is 5.95. The summed E-state index contributed by atoms with van der Waals surface area (Å²) < 4.78 is 14.3. The molecule has 31 heavy (non-hydrogen) atoms. The second-order valence-electron chi connectivity index (χ2n) is 8.90.